The lowest BCUT2D eigenvalue weighted by molar-refractivity contribution is -0.144. The van der Waals surface area contributed by atoms with E-state index in [2.05, 4.69) is 0 Å². The van der Waals surface area contributed by atoms with E-state index in [0.29, 0.717) is 11.8 Å². The standard InChI is InChI=1S/C16H26N2O2S2/c19-15(13-1-9-21-10-2-13)17-5-7-18(8-6-17)16(20)14-3-11-22-12-4-14/h13-14H,1-12H2. The van der Waals surface area contributed by atoms with E-state index in [1.807, 2.05) is 33.3 Å². The van der Waals surface area contributed by atoms with Gasteiger partial charge in [-0.15, -0.1) is 0 Å². The SMILES string of the molecule is O=C(C1CCSCC1)N1CCN(C(=O)C2CCSCC2)CC1. The molecule has 0 aromatic heterocycles. The summed E-state index contributed by atoms with van der Waals surface area (Å²) in [6.07, 6.45) is 4.12. The Bertz CT molecular complexity index is 361. The number of carbonyl (C=O) groups excluding carboxylic acids is 2. The summed E-state index contributed by atoms with van der Waals surface area (Å²) < 4.78 is 0. The molecular weight excluding hydrogens is 316 g/mol. The van der Waals surface area contributed by atoms with Crippen LogP contribution in [-0.4, -0.2) is 70.8 Å². The Morgan fingerprint density at radius 2 is 0.955 bits per heavy atom. The molecule has 3 aliphatic rings. The lowest BCUT2D eigenvalue weighted by atomic mass is 9.99. The quantitative estimate of drug-likeness (QED) is 0.769. The van der Waals surface area contributed by atoms with Gasteiger partial charge in [-0.3, -0.25) is 9.59 Å². The molecule has 2 amide bonds. The molecule has 0 spiro atoms. The van der Waals surface area contributed by atoms with Crippen LogP contribution in [0.1, 0.15) is 25.7 Å². The summed E-state index contributed by atoms with van der Waals surface area (Å²) >= 11 is 3.91. The number of hydrogen-bond donors (Lipinski definition) is 0. The highest BCUT2D eigenvalue weighted by Crippen LogP contribution is 2.26. The largest absolute Gasteiger partial charge is 0.339 e. The lowest BCUT2D eigenvalue weighted by Gasteiger charge is -2.38. The van der Waals surface area contributed by atoms with Gasteiger partial charge in [-0.1, -0.05) is 0 Å². The third kappa shape index (κ3) is 3.94. The number of hydrogen-bond acceptors (Lipinski definition) is 4. The van der Waals surface area contributed by atoms with Crippen molar-refractivity contribution in [2.24, 2.45) is 11.8 Å². The molecule has 0 N–H and O–H groups in total. The highest BCUT2D eigenvalue weighted by Gasteiger charge is 2.32. The maximum absolute atomic E-state index is 12.5. The molecule has 0 atom stereocenters. The van der Waals surface area contributed by atoms with Crippen molar-refractivity contribution in [3.63, 3.8) is 0 Å². The fraction of sp³-hybridized carbons (Fsp3) is 0.875. The molecule has 124 valence electrons. The first-order chi connectivity index (χ1) is 10.8. The van der Waals surface area contributed by atoms with Crippen LogP contribution in [0, 0.1) is 11.8 Å². The average Bonchev–Trinajstić information content (AvgIpc) is 2.62. The molecule has 0 radical (unpaired) electrons. The summed E-state index contributed by atoms with van der Waals surface area (Å²) in [6, 6.07) is 0. The van der Waals surface area contributed by atoms with Crippen molar-refractivity contribution in [1.29, 1.82) is 0 Å². The van der Waals surface area contributed by atoms with Crippen molar-refractivity contribution in [2.75, 3.05) is 49.2 Å². The van der Waals surface area contributed by atoms with E-state index in [-0.39, 0.29) is 11.8 Å². The topological polar surface area (TPSA) is 40.6 Å². The number of piperazine rings is 1. The summed E-state index contributed by atoms with van der Waals surface area (Å²) in [5.74, 6) is 5.62. The molecule has 0 bridgehead atoms. The van der Waals surface area contributed by atoms with Gasteiger partial charge >= 0.3 is 0 Å². The molecule has 3 aliphatic heterocycles. The minimum absolute atomic E-state index is 0.235. The molecule has 3 heterocycles. The van der Waals surface area contributed by atoms with Crippen molar-refractivity contribution >= 4 is 35.3 Å². The zero-order chi connectivity index (χ0) is 15.4. The van der Waals surface area contributed by atoms with Gasteiger partial charge in [0.25, 0.3) is 0 Å². The van der Waals surface area contributed by atoms with Crippen LogP contribution in [0.3, 0.4) is 0 Å². The number of rotatable bonds is 2. The second-order valence-corrected chi connectivity index (χ2v) is 8.87. The van der Waals surface area contributed by atoms with Crippen molar-refractivity contribution in [2.45, 2.75) is 25.7 Å². The summed E-state index contributed by atoms with van der Waals surface area (Å²) in [5.41, 5.74) is 0. The van der Waals surface area contributed by atoms with Crippen LogP contribution in [0.4, 0.5) is 0 Å². The normalized spacial score (nSPS) is 25.3. The fourth-order valence-corrected chi connectivity index (χ4v) is 5.77. The second-order valence-electron chi connectivity index (χ2n) is 6.42. The van der Waals surface area contributed by atoms with E-state index in [9.17, 15) is 9.59 Å². The van der Waals surface area contributed by atoms with Gasteiger partial charge in [-0.05, 0) is 48.7 Å². The molecule has 4 nitrogen and oxygen atoms in total. The number of nitrogens with zero attached hydrogens (tertiary/aromatic N) is 2. The maximum atomic E-state index is 12.5. The van der Waals surface area contributed by atoms with Crippen molar-refractivity contribution < 1.29 is 9.59 Å². The highest BCUT2D eigenvalue weighted by atomic mass is 32.2. The van der Waals surface area contributed by atoms with E-state index < -0.39 is 0 Å². The molecule has 3 saturated heterocycles. The third-order valence-corrected chi connectivity index (χ3v) is 7.14. The molecule has 0 aromatic carbocycles. The van der Waals surface area contributed by atoms with Gasteiger partial charge in [0.2, 0.25) is 11.8 Å². The Morgan fingerprint density at radius 1 is 0.636 bits per heavy atom. The summed E-state index contributed by atoms with van der Waals surface area (Å²) in [6.45, 7) is 2.93. The van der Waals surface area contributed by atoms with Crippen LogP contribution in [0.15, 0.2) is 0 Å². The first-order valence-electron chi connectivity index (χ1n) is 8.49. The molecular formula is C16H26N2O2S2. The van der Waals surface area contributed by atoms with E-state index in [4.69, 9.17) is 0 Å². The van der Waals surface area contributed by atoms with Gasteiger partial charge < -0.3 is 9.80 Å². The minimum atomic E-state index is 0.235. The molecule has 6 heteroatoms. The Kier molecular flexibility index (Phi) is 5.96. The Hall–Kier alpha value is -0.360. The smallest absolute Gasteiger partial charge is 0.225 e. The van der Waals surface area contributed by atoms with Crippen LogP contribution >= 0.6 is 23.5 Å². The molecule has 3 rings (SSSR count). The van der Waals surface area contributed by atoms with Gasteiger partial charge in [0, 0.05) is 38.0 Å². The Labute approximate surface area is 141 Å². The van der Waals surface area contributed by atoms with Crippen LogP contribution in [0.25, 0.3) is 0 Å². The van der Waals surface area contributed by atoms with Crippen molar-refractivity contribution in [3.8, 4) is 0 Å². The van der Waals surface area contributed by atoms with Crippen molar-refractivity contribution in [1.82, 2.24) is 9.80 Å². The van der Waals surface area contributed by atoms with E-state index >= 15 is 0 Å². The second kappa shape index (κ2) is 7.95. The Balaban J connectivity index is 1.47. The molecule has 0 aromatic rings. The van der Waals surface area contributed by atoms with Crippen LogP contribution in [-0.2, 0) is 9.59 Å². The van der Waals surface area contributed by atoms with Crippen molar-refractivity contribution in [3.05, 3.63) is 0 Å². The van der Waals surface area contributed by atoms with E-state index in [1.165, 1.54) is 0 Å². The number of thioether (sulfide) groups is 2. The molecule has 3 fully saturated rings. The summed E-state index contributed by atoms with van der Waals surface area (Å²) in [4.78, 5) is 29.1. The highest BCUT2D eigenvalue weighted by molar-refractivity contribution is 7.99. The fourth-order valence-electron chi connectivity index (χ4n) is 3.55. The van der Waals surface area contributed by atoms with Crippen LogP contribution < -0.4 is 0 Å². The summed E-state index contributed by atoms with van der Waals surface area (Å²) in [5, 5.41) is 0. The minimum Gasteiger partial charge on any atom is -0.339 e. The monoisotopic (exact) mass is 342 g/mol. The predicted octanol–water partition coefficient (Wildman–Crippen LogP) is 1.94. The summed E-state index contributed by atoms with van der Waals surface area (Å²) in [7, 11) is 0. The predicted molar refractivity (Wildman–Crippen MR) is 93.3 cm³/mol. The first kappa shape index (κ1) is 16.5. The van der Waals surface area contributed by atoms with E-state index in [0.717, 1.165) is 74.9 Å². The number of amides is 2. The van der Waals surface area contributed by atoms with Gasteiger partial charge in [0.05, 0.1) is 0 Å². The lowest BCUT2D eigenvalue weighted by Crippen LogP contribution is -2.53. The van der Waals surface area contributed by atoms with Crippen LogP contribution in [0.5, 0.6) is 0 Å². The molecule has 0 saturated carbocycles. The Morgan fingerprint density at radius 3 is 1.27 bits per heavy atom. The first-order valence-corrected chi connectivity index (χ1v) is 10.8. The molecule has 0 unspecified atom stereocenters. The van der Waals surface area contributed by atoms with Gasteiger partial charge in [-0.2, -0.15) is 23.5 Å². The molecule has 0 aliphatic carbocycles. The van der Waals surface area contributed by atoms with E-state index in [1.54, 1.807) is 0 Å². The van der Waals surface area contributed by atoms with Gasteiger partial charge in [-0.25, -0.2) is 0 Å². The van der Waals surface area contributed by atoms with Gasteiger partial charge in [0.15, 0.2) is 0 Å². The van der Waals surface area contributed by atoms with Crippen LogP contribution in [0.2, 0.25) is 0 Å². The zero-order valence-electron chi connectivity index (χ0n) is 13.2. The van der Waals surface area contributed by atoms with Gasteiger partial charge in [0.1, 0.15) is 0 Å². The zero-order valence-corrected chi connectivity index (χ0v) is 14.8. The average molecular weight is 343 g/mol. The maximum Gasteiger partial charge on any atom is 0.225 e. The third-order valence-electron chi connectivity index (χ3n) is 5.04. The molecule has 22 heavy (non-hydrogen) atoms. The number of carbonyl (C=O) groups is 2.